The van der Waals surface area contributed by atoms with Gasteiger partial charge >= 0.3 is 5.97 Å². The zero-order valence-corrected chi connectivity index (χ0v) is 13.5. The van der Waals surface area contributed by atoms with Crippen LogP contribution in [0.5, 0.6) is 0 Å². The van der Waals surface area contributed by atoms with Gasteiger partial charge in [-0.2, -0.15) is 0 Å². The summed E-state index contributed by atoms with van der Waals surface area (Å²) in [5.41, 5.74) is 0.00823. The van der Waals surface area contributed by atoms with Crippen molar-refractivity contribution in [3.05, 3.63) is 0 Å². The van der Waals surface area contributed by atoms with Gasteiger partial charge in [-0.1, -0.05) is 20.8 Å². The summed E-state index contributed by atoms with van der Waals surface area (Å²) in [6, 6.07) is 0. The minimum Gasteiger partial charge on any atom is -0.481 e. The van der Waals surface area contributed by atoms with Gasteiger partial charge < -0.3 is 5.11 Å². The fourth-order valence-corrected chi connectivity index (χ4v) is 3.89. The number of carbonyl (C=O) groups is 1. The molecule has 118 valence electrons. The van der Waals surface area contributed by atoms with Crippen molar-refractivity contribution in [2.75, 3.05) is 12.3 Å². The van der Waals surface area contributed by atoms with Crippen molar-refractivity contribution in [2.24, 2.45) is 17.3 Å². The Bertz CT molecular complexity index is 417. The van der Waals surface area contributed by atoms with Crippen molar-refractivity contribution in [2.45, 2.75) is 52.9 Å². The molecule has 0 amide bonds. The van der Waals surface area contributed by atoms with Gasteiger partial charge in [0.05, 0.1) is 11.7 Å². The van der Waals surface area contributed by atoms with Crippen LogP contribution in [-0.4, -0.2) is 31.8 Å². The molecule has 0 aliphatic heterocycles. The summed E-state index contributed by atoms with van der Waals surface area (Å²) < 4.78 is 26.4. The maximum Gasteiger partial charge on any atom is 0.306 e. The van der Waals surface area contributed by atoms with Gasteiger partial charge in [0, 0.05) is 6.54 Å². The molecule has 0 heterocycles. The van der Waals surface area contributed by atoms with E-state index in [0.29, 0.717) is 25.8 Å². The van der Waals surface area contributed by atoms with E-state index in [1.165, 1.54) is 0 Å². The molecule has 1 aliphatic carbocycles. The molecule has 0 aromatic rings. The van der Waals surface area contributed by atoms with Crippen molar-refractivity contribution < 1.29 is 18.3 Å². The first kappa shape index (κ1) is 17.4. The first-order chi connectivity index (χ1) is 9.09. The van der Waals surface area contributed by atoms with Crippen molar-refractivity contribution in [1.82, 2.24) is 4.72 Å². The molecule has 6 heteroatoms. The van der Waals surface area contributed by atoms with E-state index in [-0.39, 0.29) is 23.0 Å². The second-order valence-corrected chi connectivity index (χ2v) is 8.96. The molecule has 5 nitrogen and oxygen atoms in total. The van der Waals surface area contributed by atoms with Gasteiger partial charge in [-0.15, -0.1) is 0 Å². The van der Waals surface area contributed by atoms with Crippen molar-refractivity contribution in [3.8, 4) is 0 Å². The molecule has 0 spiro atoms. The van der Waals surface area contributed by atoms with E-state index in [0.717, 1.165) is 12.8 Å². The Morgan fingerprint density at radius 1 is 1.20 bits per heavy atom. The van der Waals surface area contributed by atoms with Crippen LogP contribution in [0, 0.1) is 17.3 Å². The number of nitrogens with one attached hydrogen (secondary N) is 1. The summed E-state index contributed by atoms with van der Waals surface area (Å²) in [4.78, 5) is 10.8. The Kier molecular flexibility index (Phi) is 6.01. The highest BCUT2D eigenvalue weighted by molar-refractivity contribution is 7.89. The zero-order valence-electron chi connectivity index (χ0n) is 12.7. The summed E-state index contributed by atoms with van der Waals surface area (Å²) in [6.07, 6.45) is 3.53. The third kappa shape index (κ3) is 6.70. The molecule has 1 saturated carbocycles. The molecule has 0 radical (unpaired) electrons. The van der Waals surface area contributed by atoms with E-state index in [1.54, 1.807) is 0 Å². The van der Waals surface area contributed by atoms with Gasteiger partial charge in [0.25, 0.3) is 0 Å². The lowest BCUT2D eigenvalue weighted by atomic mass is 9.82. The predicted molar refractivity (Wildman–Crippen MR) is 78.9 cm³/mol. The average molecular weight is 305 g/mol. The predicted octanol–water partition coefficient (Wildman–Crippen LogP) is 2.23. The summed E-state index contributed by atoms with van der Waals surface area (Å²) in [7, 11) is -3.21. The number of hydrogen-bond acceptors (Lipinski definition) is 3. The third-order valence-electron chi connectivity index (χ3n) is 3.91. The molecule has 0 atom stereocenters. The van der Waals surface area contributed by atoms with E-state index in [2.05, 4.69) is 4.72 Å². The highest BCUT2D eigenvalue weighted by Gasteiger charge is 2.26. The Morgan fingerprint density at radius 3 is 2.20 bits per heavy atom. The SMILES string of the molecule is CC(C)(C)CCS(=O)(=O)NCC1CCC(C(=O)O)CC1. The summed E-state index contributed by atoms with van der Waals surface area (Å²) in [5, 5.41) is 8.92. The average Bonchev–Trinajstić information content (AvgIpc) is 2.34. The smallest absolute Gasteiger partial charge is 0.306 e. The number of carboxylic acid groups (broad SMARTS) is 1. The van der Waals surface area contributed by atoms with Gasteiger partial charge in [-0.25, -0.2) is 13.1 Å². The Hall–Kier alpha value is -0.620. The molecule has 1 rings (SSSR count). The van der Waals surface area contributed by atoms with Crippen LogP contribution in [0.15, 0.2) is 0 Å². The largest absolute Gasteiger partial charge is 0.481 e. The van der Waals surface area contributed by atoms with Crippen LogP contribution in [0.4, 0.5) is 0 Å². The number of sulfonamides is 1. The van der Waals surface area contributed by atoms with E-state index < -0.39 is 16.0 Å². The van der Waals surface area contributed by atoms with Crippen LogP contribution in [0.1, 0.15) is 52.9 Å². The molecular weight excluding hydrogens is 278 g/mol. The summed E-state index contributed by atoms with van der Waals surface area (Å²) in [6.45, 7) is 6.51. The minimum absolute atomic E-state index is 0.00823. The maximum atomic E-state index is 11.9. The normalized spacial score (nSPS) is 24.6. The molecule has 0 aromatic carbocycles. The molecular formula is C14H27NO4S. The lowest BCUT2D eigenvalue weighted by Crippen LogP contribution is -2.34. The van der Waals surface area contributed by atoms with Crippen molar-refractivity contribution in [3.63, 3.8) is 0 Å². The van der Waals surface area contributed by atoms with Crippen LogP contribution >= 0.6 is 0 Å². The molecule has 2 N–H and O–H groups in total. The molecule has 0 bridgehead atoms. The van der Waals surface area contributed by atoms with Crippen LogP contribution in [-0.2, 0) is 14.8 Å². The summed E-state index contributed by atoms with van der Waals surface area (Å²) >= 11 is 0. The van der Waals surface area contributed by atoms with Crippen LogP contribution in [0.2, 0.25) is 0 Å². The minimum atomic E-state index is -3.21. The number of carboxylic acids is 1. The van der Waals surface area contributed by atoms with Gasteiger partial charge in [-0.05, 0) is 43.4 Å². The fraction of sp³-hybridized carbons (Fsp3) is 0.929. The number of rotatable bonds is 6. The molecule has 20 heavy (non-hydrogen) atoms. The Labute approximate surface area is 122 Å². The standard InChI is InChI=1S/C14H27NO4S/c1-14(2,3)8-9-20(18,19)15-10-11-4-6-12(7-5-11)13(16)17/h11-12,15H,4-10H2,1-3H3,(H,16,17). The Balaban J connectivity index is 2.31. The fourth-order valence-electron chi connectivity index (χ4n) is 2.37. The van der Waals surface area contributed by atoms with E-state index in [4.69, 9.17) is 5.11 Å². The molecule has 0 aromatic heterocycles. The van der Waals surface area contributed by atoms with E-state index >= 15 is 0 Å². The van der Waals surface area contributed by atoms with Crippen LogP contribution in [0.25, 0.3) is 0 Å². The van der Waals surface area contributed by atoms with E-state index in [9.17, 15) is 13.2 Å². The highest BCUT2D eigenvalue weighted by atomic mass is 32.2. The van der Waals surface area contributed by atoms with Crippen molar-refractivity contribution >= 4 is 16.0 Å². The first-order valence-electron chi connectivity index (χ1n) is 7.29. The lowest BCUT2D eigenvalue weighted by Gasteiger charge is -2.26. The lowest BCUT2D eigenvalue weighted by molar-refractivity contribution is -0.143. The number of aliphatic carboxylic acids is 1. The summed E-state index contributed by atoms with van der Waals surface area (Å²) in [5.74, 6) is -0.547. The third-order valence-corrected chi connectivity index (χ3v) is 5.26. The highest BCUT2D eigenvalue weighted by Crippen LogP contribution is 2.28. The van der Waals surface area contributed by atoms with Gasteiger partial charge in [0.15, 0.2) is 0 Å². The Morgan fingerprint density at radius 2 is 1.75 bits per heavy atom. The monoisotopic (exact) mass is 305 g/mol. The van der Waals surface area contributed by atoms with E-state index in [1.807, 2.05) is 20.8 Å². The molecule has 1 fully saturated rings. The van der Waals surface area contributed by atoms with Gasteiger partial charge in [-0.3, -0.25) is 4.79 Å². The van der Waals surface area contributed by atoms with Crippen LogP contribution < -0.4 is 4.72 Å². The first-order valence-corrected chi connectivity index (χ1v) is 8.94. The van der Waals surface area contributed by atoms with Gasteiger partial charge in [0.1, 0.15) is 0 Å². The van der Waals surface area contributed by atoms with Gasteiger partial charge in [0.2, 0.25) is 10.0 Å². The topological polar surface area (TPSA) is 83.5 Å². The van der Waals surface area contributed by atoms with Crippen molar-refractivity contribution in [1.29, 1.82) is 0 Å². The number of hydrogen-bond donors (Lipinski definition) is 2. The van der Waals surface area contributed by atoms with Crippen LogP contribution in [0.3, 0.4) is 0 Å². The quantitative estimate of drug-likeness (QED) is 0.788. The molecule has 0 unspecified atom stereocenters. The second-order valence-electron chi connectivity index (χ2n) is 7.03. The maximum absolute atomic E-state index is 11.9. The molecule has 1 aliphatic rings. The zero-order chi connectivity index (χ0) is 15.4. The second kappa shape index (κ2) is 6.89. The molecule has 0 saturated heterocycles.